The molecule has 4 fully saturated rings. The zero-order valence-electron chi connectivity index (χ0n) is 37.3. The minimum Gasteiger partial charge on any atom is -0.426 e. The van der Waals surface area contributed by atoms with Crippen molar-refractivity contribution in [2.75, 3.05) is 101 Å². The topological polar surface area (TPSA) is 167 Å². The third-order valence-electron chi connectivity index (χ3n) is 11.0. The van der Waals surface area contributed by atoms with Crippen LogP contribution in [0.15, 0.2) is 36.4 Å². The van der Waals surface area contributed by atoms with Crippen LogP contribution in [-0.4, -0.2) is 183 Å². The van der Waals surface area contributed by atoms with Gasteiger partial charge in [0.1, 0.15) is 0 Å². The van der Waals surface area contributed by atoms with Crippen LogP contribution < -0.4 is 24.6 Å². The maximum absolute atomic E-state index is 12.7. The molecule has 0 bridgehead atoms. The molecule has 0 spiro atoms. The maximum Gasteiger partial charge on any atom is 0.434 e. The van der Waals surface area contributed by atoms with E-state index in [9.17, 15) is 74.3 Å². The second-order valence-corrected chi connectivity index (χ2v) is 21.2. The van der Waals surface area contributed by atoms with Crippen molar-refractivity contribution in [3.8, 4) is 0 Å². The van der Waals surface area contributed by atoms with Gasteiger partial charge in [0.25, 0.3) is 6.10 Å². The van der Waals surface area contributed by atoms with Crippen LogP contribution >= 0.6 is 23.2 Å². The van der Waals surface area contributed by atoms with Crippen LogP contribution in [0, 0.1) is 0 Å². The standard InChI is InChI=1S/C20H25ClF6N4O4S.C16H25ClN4O2S.C3H2F6O/c1-36(33,34)28-15-4-5-31(12-15)16-10-14(21)3-2-13(16)11-29-6-8-30(9-7-29)18(32)35-17(19(22,23)24)20(25,26)27;1-24(22,23)19-15-4-7-21(12-15)16-10-14(17)3-2-13(16)11-20-8-5-18-6-9-20;4-2(5,6)1(10)3(7,8)9/h2-3,10,15,17,28H,4-9,11-12H2,1H3;2-3,10,15,18-19H,4-9,11-12H2,1H3;1,10H/t2*15-;/m11./s1. The summed E-state index contributed by atoms with van der Waals surface area (Å²) in [5, 5.41) is 12.0. The van der Waals surface area contributed by atoms with Crippen molar-refractivity contribution in [2.24, 2.45) is 0 Å². The first-order chi connectivity index (χ1) is 32.1. The molecule has 400 valence electrons. The van der Waals surface area contributed by atoms with Crippen LogP contribution in [0.3, 0.4) is 0 Å². The number of amides is 1. The molecule has 70 heavy (non-hydrogen) atoms. The Morgan fingerprint density at radius 3 is 1.39 bits per heavy atom. The molecule has 0 aliphatic carbocycles. The molecule has 0 radical (unpaired) electrons. The molecular weight excluding hydrogens is 1060 g/mol. The van der Waals surface area contributed by atoms with Crippen LogP contribution in [-0.2, 0) is 37.9 Å². The quantitative estimate of drug-likeness (QED) is 0.208. The van der Waals surface area contributed by atoms with Crippen molar-refractivity contribution >= 4 is 60.7 Å². The number of halogens is 14. The zero-order valence-corrected chi connectivity index (χ0v) is 40.5. The number of carbonyl (C=O) groups is 1. The number of alkyl halides is 12. The fourth-order valence-electron chi connectivity index (χ4n) is 7.81. The Labute approximate surface area is 406 Å². The maximum atomic E-state index is 12.7. The number of sulfonamides is 2. The van der Waals surface area contributed by atoms with Gasteiger partial charge in [0.2, 0.25) is 26.2 Å². The van der Waals surface area contributed by atoms with Crippen molar-refractivity contribution in [3.63, 3.8) is 0 Å². The minimum atomic E-state index is -5.77. The molecule has 0 aromatic heterocycles. The molecule has 15 nitrogen and oxygen atoms in total. The van der Waals surface area contributed by atoms with Gasteiger partial charge in [-0.15, -0.1) is 0 Å². The van der Waals surface area contributed by atoms with Gasteiger partial charge in [-0.25, -0.2) is 31.1 Å². The van der Waals surface area contributed by atoms with Gasteiger partial charge in [-0.05, 0) is 48.2 Å². The number of anilines is 2. The van der Waals surface area contributed by atoms with E-state index in [-0.39, 0.29) is 38.3 Å². The van der Waals surface area contributed by atoms with Gasteiger partial charge in [-0.2, -0.15) is 52.7 Å². The lowest BCUT2D eigenvalue weighted by Crippen LogP contribution is -2.52. The van der Waals surface area contributed by atoms with Crippen LogP contribution in [0.2, 0.25) is 10.0 Å². The Balaban J connectivity index is 0.000000268. The van der Waals surface area contributed by atoms with E-state index < -0.39 is 63.1 Å². The molecular formula is C39H52Cl2F12N8O7S2. The van der Waals surface area contributed by atoms with Gasteiger partial charge in [-0.1, -0.05) is 35.3 Å². The Bertz CT molecular complexity index is 2240. The number of aliphatic hydroxyl groups is 1. The molecule has 2 aromatic rings. The summed E-state index contributed by atoms with van der Waals surface area (Å²) in [5.74, 6) is 0. The fraction of sp³-hybridized carbons (Fsp3) is 0.667. The Morgan fingerprint density at radius 1 is 0.657 bits per heavy atom. The Morgan fingerprint density at radius 2 is 1.04 bits per heavy atom. The lowest BCUT2D eigenvalue weighted by atomic mass is 10.1. The first-order valence-corrected chi connectivity index (χ1v) is 25.7. The van der Waals surface area contributed by atoms with Crippen LogP contribution in [0.5, 0.6) is 0 Å². The summed E-state index contributed by atoms with van der Waals surface area (Å²) < 4.78 is 197. The summed E-state index contributed by atoms with van der Waals surface area (Å²) in [6.45, 7) is 8.08. The molecule has 0 saturated carbocycles. The highest BCUT2D eigenvalue weighted by molar-refractivity contribution is 7.89. The summed E-state index contributed by atoms with van der Waals surface area (Å²) in [5.41, 5.74) is 4.02. The molecule has 6 rings (SSSR count). The number of rotatable bonds is 11. The number of carbonyl (C=O) groups excluding carboxylic acids is 1. The van der Waals surface area contributed by atoms with Crippen molar-refractivity contribution in [1.29, 1.82) is 0 Å². The molecule has 2 aromatic carbocycles. The first kappa shape index (κ1) is 59.3. The van der Waals surface area contributed by atoms with E-state index in [0.29, 0.717) is 42.6 Å². The fourth-order valence-corrected chi connectivity index (χ4v) is 9.73. The van der Waals surface area contributed by atoms with E-state index in [2.05, 4.69) is 35.4 Å². The average molecular weight is 1110 g/mol. The van der Waals surface area contributed by atoms with Gasteiger partial charge < -0.3 is 29.9 Å². The number of hydrogen-bond acceptors (Lipinski definition) is 12. The van der Waals surface area contributed by atoms with Gasteiger partial charge in [-0.3, -0.25) is 9.80 Å². The number of nitrogens with one attached hydrogen (secondary N) is 3. The monoisotopic (exact) mass is 1110 g/mol. The SMILES string of the molecule is CS(=O)(=O)N[C@@H]1CCN(c2cc(Cl)ccc2CN2CCN(C(=O)OC(C(F)(F)F)C(F)(F)F)CC2)C1.CS(=O)(=O)N[C@@H]1CCN(c2cc(Cl)ccc2CN2CCNCC2)C1.OC(C(F)(F)F)C(F)(F)F. The molecule has 4 aliphatic rings. The van der Waals surface area contributed by atoms with E-state index >= 15 is 0 Å². The second kappa shape index (κ2) is 24.2. The molecule has 31 heteroatoms. The van der Waals surface area contributed by atoms with Crippen molar-refractivity contribution in [2.45, 2.75) is 74.9 Å². The van der Waals surface area contributed by atoms with Crippen LogP contribution in [0.25, 0.3) is 0 Å². The van der Waals surface area contributed by atoms with E-state index in [1.165, 1.54) is 11.8 Å². The molecule has 4 N–H and O–H groups in total. The van der Waals surface area contributed by atoms with Crippen molar-refractivity contribution < 1.29 is 84.2 Å². The molecule has 4 aliphatic heterocycles. The molecule has 4 heterocycles. The number of ether oxygens (including phenoxy) is 1. The zero-order chi connectivity index (χ0) is 52.6. The summed E-state index contributed by atoms with van der Waals surface area (Å²) in [6.07, 6.45) is -29.2. The van der Waals surface area contributed by atoms with Crippen molar-refractivity contribution in [1.82, 2.24) is 29.5 Å². The summed E-state index contributed by atoms with van der Waals surface area (Å²) >= 11 is 12.4. The number of nitrogens with zero attached hydrogens (tertiary/aromatic N) is 5. The molecule has 4 saturated heterocycles. The Hall–Kier alpha value is -3.29. The summed E-state index contributed by atoms with van der Waals surface area (Å²) in [6, 6.07) is 11.0. The predicted octanol–water partition coefficient (Wildman–Crippen LogP) is 5.56. The summed E-state index contributed by atoms with van der Waals surface area (Å²) in [4.78, 5) is 21.4. The number of benzene rings is 2. The number of piperazine rings is 2. The smallest absolute Gasteiger partial charge is 0.426 e. The molecule has 0 unspecified atom stereocenters. The predicted molar refractivity (Wildman–Crippen MR) is 236 cm³/mol. The number of aliphatic hydroxyl groups excluding tert-OH is 1. The van der Waals surface area contributed by atoms with Crippen LogP contribution in [0.4, 0.5) is 68.9 Å². The second-order valence-electron chi connectivity index (χ2n) is 16.8. The van der Waals surface area contributed by atoms with Crippen LogP contribution in [0.1, 0.15) is 24.0 Å². The number of hydrogen-bond donors (Lipinski definition) is 4. The van der Waals surface area contributed by atoms with E-state index in [1.54, 1.807) is 18.2 Å². The average Bonchev–Trinajstić information content (AvgIpc) is 3.88. The lowest BCUT2D eigenvalue weighted by Gasteiger charge is -2.36. The van der Waals surface area contributed by atoms with Gasteiger partial charge >= 0.3 is 30.8 Å². The molecule has 2 atom stereocenters. The normalized spacial score (nSPS) is 20.4. The van der Waals surface area contributed by atoms with E-state index in [1.807, 2.05) is 21.9 Å². The lowest BCUT2D eigenvalue weighted by molar-refractivity contribution is -0.309. The van der Waals surface area contributed by atoms with E-state index in [0.717, 1.165) is 73.8 Å². The largest absolute Gasteiger partial charge is 0.434 e. The third kappa shape index (κ3) is 19.3. The highest BCUT2D eigenvalue weighted by Gasteiger charge is 2.60. The van der Waals surface area contributed by atoms with Gasteiger partial charge in [0.05, 0.1) is 12.5 Å². The highest BCUT2D eigenvalue weighted by atomic mass is 35.5. The highest BCUT2D eigenvalue weighted by Crippen LogP contribution is 2.37. The first-order valence-electron chi connectivity index (χ1n) is 21.2. The summed E-state index contributed by atoms with van der Waals surface area (Å²) in [7, 11) is -6.54. The van der Waals surface area contributed by atoms with Gasteiger partial charge in [0.15, 0.2) is 0 Å². The minimum absolute atomic E-state index is 0.0361. The van der Waals surface area contributed by atoms with Gasteiger partial charge in [0, 0.05) is 125 Å². The van der Waals surface area contributed by atoms with E-state index in [4.69, 9.17) is 28.3 Å². The third-order valence-corrected chi connectivity index (χ3v) is 13.0. The van der Waals surface area contributed by atoms with Crippen molar-refractivity contribution in [3.05, 3.63) is 57.6 Å². The Kier molecular flexibility index (Phi) is 20.5. The molecule has 1 amide bonds.